The number of hydrogen-bond acceptors (Lipinski definition) is 7. The molecule has 0 saturated carbocycles. The van der Waals surface area contributed by atoms with E-state index in [1.807, 2.05) is 35.7 Å². The minimum Gasteiger partial charge on any atom is -0.360 e. The first-order valence-electron chi connectivity index (χ1n) is 8.49. The lowest BCUT2D eigenvalue weighted by molar-refractivity contribution is -0.115. The summed E-state index contributed by atoms with van der Waals surface area (Å²) in [6.45, 7) is 3.48. The maximum atomic E-state index is 12.7. The molecule has 0 aliphatic rings. The lowest BCUT2D eigenvalue weighted by atomic mass is 10.1. The molecule has 2 N–H and O–H groups in total. The van der Waals surface area contributed by atoms with E-state index in [0.29, 0.717) is 27.0 Å². The lowest BCUT2D eigenvalue weighted by Gasteiger charge is -2.09. The van der Waals surface area contributed by atoms with Crippen LogP contribution in [-0.2, 0) is 4.79 Å². The van der Waals surface area contributed by atoms with E-state index >= 15 is 0 Å². The number of fused-ring (bicyclic) bond motifs is 1. The molecule has 4 rings (SSSR count). The number of aromatic amines is 1. The minimum atomic E-state index is -0.480. The molecule has 0 aliphatic heterocycles. The number of hydrogen-bond donors (Lipinski definition) is 2. The average Bonchev–Trinajstić information content (AvgIpc) is 3.28. The molecule has 0 unspecified atom stereocenters. The maximum Gasteiger partial charge on any atom is 0.260 e. The van der Waals surface area contributed by atoms with Gasteiger partial charge in [0.05, 0.1) is 10.6 Å². The molecule has 0 spiro atoms. The second kappa shape index (κ2) is 7.61. The Morgan fingerprint density at radius 1 is 1.32 bits per heavy atom. The summed E-state index contributed by atoms with van der Waals surface area (Å²) in [6.07, 6.45) is 0. The van der Waals surface area contributed by atoms with Crippen LogP contribution in [0.15, 0.2) is 56.3 Å². The summed E-state index contributed by atoms with van der Waals surface area (Å²) >= 11 is 2.59. The van der Waals surface area contributed by atoms with Gasteiger partial charge in [0.15, 0.2) is 11.0 Å². The van der Waals surface area contributed by atoms with E-state index < -0.39 is 5.25 Å². The molecular weight excluding hydrogens is 396 g/mol. The van der Waals surface area contributed by atoms with Gasteiger partial charge in [0.25, 0.3) is 5.56 Å². The summed E-state index contributed by atoms with van der Waals surface area (Å²) in [5, 5.41) is 8.84. The highest BCUT2D eigenvalue weighted by atomic mass is 32.2. The standard InChI is InChI=1S/C19H16N4O3S2/c1-10-8-14(23-26-10)20-16(24)11(2)28-19-21-17(25)15-13(9-27-18(15)22-19)12-6-4-3-5-7-12/h3-9,11H,1-2H3,(H,20,23,24)(H,21,22,25)/t11-/m0/s1. The molecule has 4 aromatic rings. The molecule has 1 amide bonds. The van der Waals surface area contributed by atoms with Crippen LogP contribution >= 0.6 is 23.1 Å². The van der Waals surface area contributed by atoms with Crippen LogP contribution in [0.4, 0.5) is 5.82 Å². The van der Waals surface area contributed by atoms with Crippen LogP contribution in [0.2, 0.25) is 0 Å². The van der Waals surface area contributed by atoms with Crippen molar-refractivity contribution >= 4 is 45.0 Å². The minimum absolute atomic E-state index is 0.215. The van der Waals surface area contributed by atoms with Crippen LogP contribution in [-0.4, -0.2) is 26.3 Å². The van der Waals surface area contributed by atoms with Crippen molar-refractivity contribution in [3.8, 4) is 11.1 Å². The molecule has 28 heavy (non-hydrogen) atoms. The number of carbonyl (C=O) groups excluding carboxylic acids is 1. The molecule has 3 aromatic heterocycles. The van der Waals surface area contributed by atoms with Crippen LogP contribution < -0.4 is 10.9 Å². The number of carbonyl (C=O) groups is 1. The van der Waals surface area contributed by atoms with Gasteiger partial charge >= 0.3 is 0 Å². The van der Waals surface area contributed by atoms with Crippen molar-refractivity contribution in [2.45, 2.75) is 24.3 Å². The normalized spacial score (nSPS) is 12.2. The Kier molecular flexibility index (Phi) is 5.01. The molecule has 1 atom stereocenters. The fourth-order valence-corrected chi connectivity index (χ4v) is 4.49. The Balaban J connectivity index is 1.56. The third kappa shape index (κ3) is 3.71. The summed E-state index contributed by atoms with van der Waals surface area (Å²) in [6, 6.07) is 11.4. The third-order valence-electron chi connectivity index (χ3n) is 4.04. The molecule has 0 bridgehead atoms. The van der Waals surface area contributed by atoms with Crippen molar-refractivity contribution in [1.29, 1.82) is 0 Å². The number of rotatable bonds is 5. The van der Waals surface area contributed by atoms with Crippen LogP contribution in [0.1, 0.15) is 12.7 Å². The van der Waals surface area contributed by atoms with Crippen LogP contribution in [0.5, 0.6) is 0 Å². The van der Waals surface area contributed by atoms with E-state index in [2.05, 4.69) is 20.4 Å². The summed E-state index contributed by atoms with van der Waals surface area (Å²) in [5.74, 6) is 0.716. The second-order valence-electron chi connectivity index (χ2n) is 6.14. The molecule has 0 aliphatic carbocycles. The highest BCUT2D eigenvalue weighted by Crippen LogP contribution is 2.32. The number of nitrogens with one attached hydrogen (secondary N) is 2. The molecule has 0 saturated heterocycles. The lowest BCUT2D eigenvalue weighted by Crippen LogP contribution is -2.23. The summed E-state index contributed by atoms with van der Waals surface area (Å²) < 4.78 is 4.94. The Bertz CT molecular complexity index is 1200. The predicted molar refractivity (Wildman–Crippen MR) is 111 cm³/mol. The number of amides is 1. The molecule has 0 fully saturated rings. The molecule has 9 heteroatoms. The first-order chi connectivity index (χ1) is 13.5. The Hall–Kier alpha value is -2.91. The number of thiophene rings is 1. The van der Waals surface area contributed by atoms with Gasteiger partial charge < -0.3 is 14.8 Å². The van der Waals surface area contributed by atoms with Gasteiger partial charge in [-0.1, -0.05) is 47.3 Å². The summed E-state index contributed by atoms with van der Waals surface area (Å²) in [7, 11) is 0. The monoisotopic (exact) mass is 412 g/mol. The smallest absolute Gasteiger partial charge is 0.260 e. The number of benzene rings is 1. The van der Waals surface area contributed by atoms with Gasteiger partial charge in [-0.05, 0) is 19.4 Å². The van der Waals surface area contributed by atoms with Crippen LogP contribution in [0, 0.1) is 6.92 Å². The number of anilines is 1. The zero-order valence-electron chi connectivity index (χ0n) is 15.1. The zero-order chi connectivity index (χ0) is 19.7. The fraction of sp³-hybridized carbons (Fsp3) is 0.158. The average molecular weight is 412 g/mol. The third-order valence-corrected chi connectivity index (χ3v) is 5.90. The first-order valence-corrected chi connectivity index (χ1v) is 10.2. The largest absolute Gasteiger partial charge is 0.360 e. The van der Waals surface area contributed by atoms with E-state index in [0.717, 1.165) is 11.1 Å². The summed E-state index contributed by atoms with van der Waals surface area (Å²) in [4.78, 5) is 33.0. The van der Waals surface area contributed by atoms with Crippen molar-refractivity contribution < 1.29 is 9.32 Å². The van der Waals surface area contributed by atoms with Crippen molar-refractivity contribution in [2.75, 3.05) is 5.32 Å². The Morgan fingerprint density at radius 2 is 2.11 bits per heavy atom. The Labute approximate surface area is 168 Å². The van der Waals surface area contributed by atoms with Gasteiger partial charge in [0.2, 0.25) is 5.91 Å². The first kappa shape index (κ1) is 18.5. The number of thioether (sulfide) groups is 1. The van der Waals surface area contributed by atoms with Crippen molar-refractivity contribution in [3.63, 3.8) is 0 Å². The van der Waals surface area contributed by atoms with E-state index in [1.165, 1.54) is 23.1 Å². The van der Waals surface area contributed by atoms with Crippen molar-refractivity contribution in [3.05, 3.63) is 57.9 Å². The predicted octanol–water partition coefficient (Wildman–Crippen LogP) is 4.07. The highest BCUT2D eigenvalue weighted by Gasteiger charge is 2.19. The van der Waals surface area contributed by atoms with Gasteiger partial charge in [-0.3, -0.25) is 9.59 Å². The van der Waals surface area contributed by atoms with Gasteiger partial charge in [-0.2, -0.15) is 0 Å². The topological polar surface area (TPSA) is 101 Å². The molecule has 142 valence electrons. The van der Waals surface area contributed by atoms with Gasteiger partial charge in [0, 0.05) is 17.0 Å². The quantitative estimate of drug-likeness (QED) is 0.379. The SMILES string of the molecule is Cc1cc(NC(=O)[C@H](C)Sc2nc3scc(-c4ccccc4)c3c(=O)[nH]2)no1. The van der Waals surface area contributed by atoms with E-state index in [1.54, 1.807) is 19.9 Å². The molecule has 1 aromatic carbocycles. The van der Waals surface area contributed by atoms with Crippen LogP contribution in [0.25, 0.3) is 21.3 Å². The highest BCUT2D eigenvalue weighted by molar-refractivity contribution is 8.00. The molecular formula is C19H16N4O3S2. The van der Waals surface area contributed by atoms with Gasteiger partial charge in [-0.25, -0.2) is 4.98 Å². The number of H-pyrrole nitrogens is 1. The summed E-state index contributed by atoms with van der Waals surface area (Å²) in [5.41, 5.74) is 1.61. The van der Waals surface area contributed by atoms with E-state index in [-0.39, 0.29) is 11.5 Å². The van der Waals surface area contributed by atoms with E-state index in [4.69, 9.17) is 4.52 Å². The number of aryl methyl sites for hydroxylation is 1. The second-order valence-corrected chi connectivity index (χ2v) is 8.33. The van der Waals surface area contributed by atoms with Crippen molar-refractivity contribution in [2.24, 2.45) is 0 Å². The van der Waals surface area contributed by atoms with Gasteiger partial charge in [-0.15, -0.1) is 11.3 Å². The van der Waals surface area contributed by atoms with Crippen LogP contribution in [0.3, 0.4) is 0 Å². The molecule has 7 nitrogen and oxygen atoms in total. The number of aromatic nitrogens is 3. The molecule has 0 radical (unpaired) electrons. The Morgan fingerprint density at radius 3 is 2.82 bits per heavy atom. The number of nitrogens with zero attached hydrogens (tertiary/aromatic N) is 2. The maximum absolute atomic E-state index is 12.7. The molecule has 3 heterocycles. The van der Waals surface area contributed by atoms with Crippen molar-refractivity contribution in [1.82, 2.24) is 15.1 Å². The zero-order valence-corrected chi connectivity index (χ0v) is 16.7. The fourth-order valence-electron chi connectivity index (χ4n) is 2.69. The van der Waals surface area contributed by atoms with E-state index in [9.17, 15) is 9.59 Å². The van der Waals surface area contributed by atoms with Gasteiger partial charge in [0.1, 0.15) is 10.6 Å².